The second-order valence-electron chi connectivity index (χ2n) is 7.60. The van der Waals surface area contributed by atoms with Crippen LogP contribution in [0, 0.1) is 11.5 Å². The molecule has 0 aliphatic heterocycles. The minimum Gasteiger partial charge on any atom is -0.416 e. The highest BCUT2D eigenvalue weighted by Crippen LogP contribution is 2.25. The van der Waals surface area contributed by atoms with Crippen LogP contribution in [0.5, 0.6) is 0 Å². The summed E-state index contributed by atoms with van der Waals surface area (Å²) in [5, 5.41) is 0. The predicted octanol–water partition coefficient (Wildman–Crippen LogP) is 4.68. The van der Waals surface area contributed by atoms with Crippen molar-refractivity contribution in [1.29, 1.82) is 0 Å². The minimum absolute atomic E-state index is 0.207. The third-order valence-corrected chi connectivity index (χ3v) is 4.80. The van der Waals surface area contributed by atoms with Crippen LogP contribution < -0.4 is 0 Å². The molecule has 0 aliphatic carbocycles. The molecule has 0 spiro atoms. The molecule has 0 saturated heterocycles. The van der Waals surface area contributed by atoms with E-state index in [0.717, 1.165) is 0 Å². The molecule has 110 valence electrons. The molecule has 1 nitrogen and oxygen atoms in total. The molecule has 3 heteroatoms. The fourth-order valence-electron chi connectivity index (χ4n) is 1.68. The van der Waals surface area contributed by atoms with Crippen molar-refractivity contribution in [3.63, 3.8) is 0 Å². The van der Waals surface area contributed by atoms with Crippen LogP contribution in [0.3, 0.4) is 0 Å². The van der Waals surface area contributed by atoms with Crippen molar-refractivity contribution in [1.82, 2.24) is 0 Å². The van der Waals surface area contributed by atoms with Crippen LogP contribution in [0.2, 0.25) is 39.3 Å². The fraction of sp³-hybridized carbons (Fsp3) is 0.529. The van der Waals surface area contributed by atoms with Crippen LogP contribution in [0.1, 0.15) is 12.5 Å². The van der Waals surface area contributed by atoms with E-state index in [1.807, 2.05) is 0 Å². The van der Waals surface area contributed by atoms with Gasteiger partial charge in [0.25, 0.3) is 0 Å². The summed E-state index contributed by atoms with van der Waals surface area (Å²) in [6.45, 7) is 16.4. The Kier molecular flexibility index (Phi) is 5.42. The van der Waals surface area contributed by atoms with Gasteiger partial charge in [0.15, 0.2) is 8.32 Å². The van der Waals surface area contributed by atoms with Crippen molar-refractivity contribution < 1.29 is 4.43 Å². The number of benzene rings is 1. The van der Waals surface area contributed by atoms with Gasteiger partial charge in [-0.25, -0.2) is 0 Å². The normalized spacial score (nSPS) is 15.2. The highest BCUT2D eigenvalue weighted by Gasteiger charge is 2.28. The molecule has 1 aromatic carbocycles. The first-order valence-corrected chi connectivity index (χ1v) is 14.2. The molecular formula is C17H28OSi2. The third-order valence-electron chi connectivity index (χ3n) is 2.92. The quantitative estimate of drug-likeness (QED) is 0.580. The van der Waals surface area contributed by atoms with E-state index < -0.39 is 16.4 Å². The van der Waals surface area contributed by atoms with Gasteiger partial charge in [-0.15, -0.1) is 5.54 Å². The predicted molar refractivity (Wildman–Crippen MR) is 94.2 cm³/mol. The fourth-order valence-corrected chi connectivity index (χ4v) is 3.06. The lowest BCUT2D eigenvalue weighted by Gasteiger charge is -2.29. The first-order chi connectivity index (χ1) is 9.02. The van der Waals surface area contributed by atoms with Gasteiger partial charge in [-0.3, -0.25) is 0 Å². The van der Waals surface area contributed by atoms with E-state index in [4.69, 9.17) is 4.43 Å². The number of hydrogen-bond donors (Lipinski definition) is 0. The van der Waals surface area contributed by atoms with Gasteiger partial charge >= 0.3 is 0 Å². The summed E-state index contributed by atoms with van der Waals surface area (Å²) >= 11 is 0. The Morgan fingerprint density at radius 2 is 1.55 bits per heavy atom. The van der Waals surface area contributed by atoms with Gasteiger partial charge in [0.05, 0.1) is 12.0 Å². The number of hydrogen-bond acceptors (Lipinski definition) is 1. The molecule has 0 bridgehead atoms. The molecule has 0 fully saturated rings. The molecule has 1 atom stereocenters. The van der Waals surface area contributed by atoms with Crippen LogP contribution in [0.4, 0.5) is 0 Å². The Labute approximate surface area is 126 Å². The summed E-state index contributed by atoms with van der Waals surface area (Å²) in [6.07, 6.45) is 0. The zero-order chi connectivity index (χ0) is 15.4. The monoisotopic (exact) mass is 304 g/mol. The maximum Gasteiger partial charge on any atom is 0.183 e. The molecule has 0 amide bonds. The molecule has 0 aromatic heterocycles. The first kappa shape index (κ1) is 17.2. The van der Waals surface area contributed by atoms with Gasteiger partial charge in [0.1, 0.15) is 8.07 Å². The van der Waals surface area contributed by atoms with E-state index in [9.17, 15) is 0 Å². The zero-order valence-electron chi connectivity index (χ0n) is 14.0. The van der Waals surface area contributed by atoms with Crippen LogP contribution in [-0.4, -0.2) is 23.0 Å². The molecule has 0 saturated carbocycles. The van der Waals surface area contributed by atoms with Crippen molar-refractivity contribution in [2.45, 2.75) is 51.6 Å². The Bertz CT molecular complexity index is 486. The molecule has 0 N–H and O–H groups in total. The van der Waals surface area contributed by atoms with Gasteiger partial charge in [0, 0.05) is 0 Å². The zero-order valence-corrected chi connectivity index (χ0v) is 16.0. The summed E-state index contributed by atoms with van der Waals surface area (Å²) in [6, 6.07) is 10.5. The summed E-state index contributed by atoms with van der Waals surface area (Å²) in [5.74, 6) is 3.53. The van der Waals surface area contributed by atoms with Crippen molar-refractivity contribution in [2.24, 2.45) is 0 Å². The molecule has 0 aliphatic rings. The lowest BCUT2D eigenvalue weighted by Crippen LogP contribution is -2.35. The standard InChI is InChI=1S/C17H28OSi2/c1-17(13-14-19(2,3)4,15-18-20(5,6)7)16-11-9-8-10-12-16/h8-12H,15H2,1-7H3. The second kappa shape index (κ2) is 6.30. The molecular weight excluding hydrogens is 276 g/mol. The molecule has 20 heavy (non-hydrogen) atoms. The first-order valence-electron chi connectivity index (χ1n) is 7.26. The van der Waals surface area contributed by atoms with Crippen molar-refractivity contribution in [3.05, 3.63) is 35.9 Å². The van der Waals surface area contributed by atoms with E-state index in [1.165, 1.54) is 5.56 Å². The minimum atomic E-state index is -1.53. The summed E-state index contributed by atoms with van der Waals surface area (Å²) in [5.41, 5.74) is 4.57. The van der Waals surface area contributed by atoms with Gasteiger partial charge in [-0.2, -0.15) is 0 Å². The summed E-state index contributed by atoms with van der Waals surface area (Å²) in [4.78, 5) is 0. The summed E-state index contributed by atoms with van der Waals surface area (Å²) < 4.78 is 6.17. The Balaban J connectivity index is 3.09. The molecule has 1 aromatic rings. The average molecular weight is 305 g/mol. The van der Waals surface area contributed by atoms with Crippen molar-refractivity contribution in [2.75, 3.05) is 6.61 Å². The third kappa shape index (κ3) is 6.08. The molecule has 0 radical (unpaired) electrons. The van der Waals surface area contributed by atoms with Gasteiger partial charge in [-0.05, 0) is 32.1 Å². The smallest absolute Gasteiger partial charge is 0.183 e. The topological polar surface area (TPSA) is 9.23 Å². The average Bonchev–Trinajstić information content (AvgIpc) is 2.33. The van der Waals surface area contributed by atoms with E-state index in [1.54, 1.807) is 0 Å². The van der Waals surface area contributed by atoms with Gasteiger partial charge in [-0.1, -0.05) is 55.9 Å². The number of rotatable bonds is 4. The van der Waals surface area contributed by atoms with Crippen molar-refractivity contribution in [3.8, 4) is 11.5 Å². The SMILES string of the molecule is CC(C#C[Si](C)(C)C)(CO[Si](C)(C)C)c1ccccc1. The molecule has 1 rings (SSSR count). The lowest BCUT2D eigenvalue weighted by molar-refractivity contribution is 0.258. The van der Waals surface area contributed by atoms with E-state index in [2.05, 4.69) is 88.0 Å². The second-order valence-corrected chi connectivity index (χ2v) is 16.9. The maximum atomic E-state index is 6.17. The summed E-state index contributed by atoms with van der Waals surface area (Å²) in [7, 11) is -2.91. The lowest BCUT2D eigenvalue weighted by atomic mass is 9.84. The van der Waals surface area contributed by atoms with Gasteiger partial charge < -0.3 is 4.43 Å². The molecule has 1 unspecified atom stereocenters. The highest BCUT2D eigenvalue weighted by atomic mass is 28.4. The van der Waals surface area contributed by atoms with Gasteiger partial charge in [0.2, 0.25) is 0 Å². The van der Waals surface area contributed by atoms with E-state index in [-0.39, 0.29) is 5.41 Å². The largest absolute Gasteiger partial charge is 0.416 e. The van der Waals surface area contributed by atoms with Crippen LogP contribution >= 0.6 is 0 Å². The Morgan fingerprint density at radius 3 is 2.00 bits per heavy atom. The maximum absolute atomic E-state index is 6.17. The Morgan fingerprint density at radius 1 is 1.00 bits per heavy atom. The Hall–Kier alpha value is -0.826. The van der Waals surface area contributed by atoms with Crippen LogP contribution in [0.25, 0.3) is 0 Å². The van der Waals surface area contributed by atoms with E-state index in [0.29, 0.717) is 6.61 Å². The van der Waals surface area contributed by atoms with Crippen molar-refractivity contribution >= 4 is 16.4 Å². The van der Waals surface area contributed by atoms with E-state index >= 15 is 0 Å². The highest BCUT2D eigenvalue weighted by molar-refractivity contribution is 6.83. The van der Waals surface area contributed by atoms with Crippen LogP contribution in [-0.2, 0) is 9.84 Å². The van der Waals surface area contributed by atoms with Crippen LogP contribution in [0.15, 0.2) is 30.3 Å². The molecule has 0 heterocycles.